The van der Waals surface area contributed by atoms with Crippen LogP contribution in [-0.2, 0) is 0 Å². The normalized spacial score (nSPS) is 11.3. The standard InChI is InChI=1S/C52H35NS/c1-3-11-36(12-4-1)38-19-21-41(22-20-38)47-15-7-9-17-50(47)53(45-29-25-39(26-30-45)37-13-5-2-6-14-37)46-31-27-40(28-32-46)42-23-24-43-34-49-48-16-8-10-18-51(48)54-52(49)35-44(43)33-42/h1-35H. The van der Waals surface area contributed by atoms with Crippen molar-refractivity contribution in [2.45, 2.75) is 0 Å². The molecule has 0 N–H and O–H groups in total. The number of hydrogen-bond donors (Lipinski definition) is 0. The fourth-order valence-corrected chi connectivity index (χ4v) is 8.83. The van der Waals surface area contributed by atoms with Gasteiger partial charge in [0.2, 0.25) is 0 Å². The Kier molecular flexibility index (Phi) is 8.09. The highest BCUT2D eigenvalue weighted by Gasteiger charge is 2.18. The fraction of sp³-hybridized carbons (Fsp3) is 0. The SMILES string of the molecule is c1ccc(-c2ccc(-c3ccccc3N(c3ccc(-c4ccccc4)cc3)c3ccc(-c4ccc5cc6c(cc5c4)sc4ccccc46)cc3)cc2)cc1. The van der Waals surface area contributed by atoms with Gasteiger partial charge in [0.1, 0.15) is 0 Å². The van der Waals surface area contributed by atoms with Crippen LogP contribution >= 0.6 is 11.3 Å². The molecule has 0 saturated carbocycles. The molecule has 0 unspecified atom stereocenters. The largest absolute Gasteiger partial charge is 0.310 e. The highest BCUT2D eigenvalue weighted by molar-refractivity contribution is 7.25. The van der Waals surface area contributed by atoms with Gasteiger partial charge >= 0.3 is 0 Å². The van der Waals surface area contributed by atoms with Crippen molar-refractivity contribution in [2.24, 2.45) is 0 Å². The molecule has 1 nitrogen and oxygen atoms in total. The molecule has 0 aliphatic carbocycles. The summed E-state index contributed by atoms with van der Waals surface area (Å²) in [5.41, 5.74) is 12.9. The van der Waals surface area contributed by atoms with Crippen molar-refractivity contribution in [3.63, 3.8) is 0 Å². The van der Waals surface area contributed by atoms with Crippen LogP contribution in [0.25, 0.3) is 75.5 Å². The molecule has 254 valence electrons. The first-order valence-electron chi connectivity index (χ1n) is 18.4. The first-order chi connectivity index (χ1) is 26.7. The zero-order chi connectivity index (χ0) is 35.8. The van der Waals surface area contributed by atoms with Crippen molar-refractivity contribution in [3.05, 3.63) is 212 Å². The molecular weight excluding hydrogens is 671 g/mol. The molecule has 9 aromatic carbocycles. The van der Waals surface area contributed by atoms with Crippen molar-refractivity contribution < 1.29 is 0 Å². The molecule has 0 aliphatic heterocycles. The first-order valence-corrected chi connectivity index (χ1v) is 19.2. The van der Waals surface area contributed by atoms with Crippen LogP contribution in [0.15, 0.2) is 212 Å². The molecule has 0 spiro atoms. The van der Waals surface area contributed by atoms with Crippen LogP contribution in [-0.4, -0.2) is 0 Å². The zero-order valence-corrected chi connectivity index (χ0v) is 30.4. The third kappa shape index (κ3) is 5.93. The summed E-state index contributed by atoms with van der Waals surface area (Å²) in [7, 11) is 0. The molecule has 54 heavy (non-hydrogen) atoms. The van der Waals surface area contributed by atoms with Crippen LogP contribution in [0.1, 0.15) is 0 Å². The van der Waals surface area contributed by atoms with Crippen LogP contribution < -0.4 is 4.90 Å². The second kappa shape index (κ2) is 13.7. The van der Waals surface area contributed by atoms with Gasteiger partial charge in [-0.2, -0.15) is 0 Å². The molecule has 0 amide bonds. The van der Waals surface area contributed by atoms with E-state index in [1.165, 1.54) is 75.5 Å². The second-order valence-electron chi connectivity index (χ2n) is 13.8. The number of benzene rings is 9. The lowest BCUT2D eigenvalue weighted by Crippen LogP contribution is -2.11. The Morgan fingerprint density at radius 2 is 0.796 bits per heavy atom. The van der Waals surface area contributed by atoms with Crippen LogP contribution in [0, 0.1) is 0 Å². The van der Waals surface area contributed by atoms with Crippen LogP contribution in [0.3, 0.4) is 0 Å². The molecule has 2 heteroatoms. The van der Waals surface area contributed by atoms with Crippen molar-refractivity contribution in [3.8, 4) is 44.5 Å². The third-order valence-electron chi connectivity index (χ3n) is 10.5. The fourth-order valence-electron chi connectivity index (χ4n) is 7.70. The van der Waals surface area contributed by atoms with Crippen molar-refractivity contribution in [1.82, 2.24) is 0 Å². The van der Waals surface area contributed by atoms with E-state index in [2.05, 4.69) is 217 Å². The number of rotatable bonds is 7. The van der Waals surface area contributed by atoms with Gasteiger partial charge < -0.3 is 4.90 Å². The Morgan fingerprint density at radius 3 is 1.46 bits per heavy atom. The van der Waals surface area contributed by atoms with E-state index in [4.69, 9.17) is 0 Å². The summed E-state index contributed by atoms with van der Waals surface area (Å²) in [6.07, 6.45) is 0. The summed E-state index contributed by atoms with van der Waals surface area (Å²) in [4.78, 5) is 2.39. The van der Waals surface area contributed by atoms with E-state index in [1.807, 2.05) is 11.3 Å². The minimum Gasteiger partial charge on any atom is -0.310 e. The summed E-state index contributed by atoms with van der Waals surface area (Å²) in [5, 5.41) is 5.21. The van der Waals surface area contributed by atoms with E-state index in [1.54, 1.807) is 0 Å². The van der Waals surface area contributed by atoms with Crippen LogP contribution in [0.5, 0.6) is 0 Å². The number of fused-ring (bicyclic) bond motifs is 4. The minimum atomic E-state index is 1.10. The summed E-state index contributed by atoms with van der Waals surface area (Å²) in [6.45, 7) is 0. The van der Waals surface area contributed by atoms with E-state index < -0.39 is 0 Å². The Morgan fingerprint density at radius 1 is 0.296 bits per heavy atom. The Labute approximate surface area is 319 Å². The minimum absolute atomic E-state index is 1.10. The van der Waals surface area contributed by atoms with Gasteiger partial charge in [-0.25, -0.2) is 0 Å². The Bertz CT molecular complexity index is 2890. The van der Waals surface area contributed by atoms with E-state index in [9.17, 15) is 0 Å². The summed E-state index contributed by atoms with van der Waals surface area (Å²) in [5.74, 6) is 0. The lowest BCUT2D eigenvalue weighted by Gasteiger charge is -2.28. The highest BCUT2D eigenvalue weighted by Crippen LogP contribution is 2.43. The van der Waals surface area contributed by atoms with Gasteiger partial charge in [0.25, 0.3) is 0 Å². The van der Waals surface area contributed by atoms with Crippen LogP contribution in [0.2, 0.25) is 0 Å². The molecule has 10 aromatic rings. The Hall–Kier alpha value is -6.74. The highest BCUT2D eigenvalue weighted by atomic mass is 32.1. The quantitative estimate of drug-likeness (QED) is 0.160. The molecule has 0 radical (unpaired) electrons. The molecule has 0 bridgehead atoms. The van der Waals surface area contributed by atoms with Crippen LogP contribution in [0.4, 0.5) is 17.1 Å². The van der Waals surface area contributed by atoms with Crippen molar-refractivity contribution in [1.29, 1.82) is 0 Å². The second-order valence-corrected chi connectivity index (χ2v) is 14.8. The lowest BCUT2D eigenvalue weighted by atomic mass is 9.97. The van der Waals surface area contributed by atoms with Gasteiger partial charge in [-0.05, 0) is 104 Å². The number of thiophene rings is 1. The monoisotopic (exact) mass is 705 g/mol. The molecule has 1 heterocycles. The molecule has 0 saturated heterocycles. The van der Waals surface area contributed by atoms with Crippen molar-refractivity contribution >= 4 is 59.3 Å². The van der Waals surface area contributed by atoms with E-state index in [0.717, 1.165) is 17.1 Å². The maximum Gasteiger partial charge on any atom is 0.0540 e. The molecular formula is C52H35NS. The molecule has 0 aliphatic rings. The smallest absolute Gasteiger partial charge is 0.0540 e. The maximum absolute atomic E-state index is 2.39. The molecule has 0 atom stereocenters. The number of anilines is 3. The molecule has 10 rings (SSSR count). The summed E-state index contributed by atoms with van der Waals surface area (Å²) < 4.78 is 2.67. The first kappa shape index (κ1) is 32.0. The zero-order valence-electron chi connectivity index (χ0n) is 29.6. The van der Waals surface area contributed by atoms with Crippen molar-refractivity contribution in [2.75, 3.05) is 4.90 Å². The summed E-state index contributed by atoms with van der Waals surface area (Å²) >= 11 is 1.87. The van der Waals surface area contributed by atoms with Gasteiger partial charge in [-0.15, -0.1) is 11.3 Å². The Balaban J connectivity index is 1.04. The molecule has 0 fully saturated rings. The average molecular weight is 706 g/mol. The molecule has 1 aromatic heterocycles. The van der Waals surface area contributed by atoms with Gasteiger partial charge in [0.15, 0.2) is 0 Å². The predicted octanol–water partition coefficient (Wildman–Crippen LogP) is 15.3. The maximum atomic E-state index is 2.39. The van der Waals surface area contributed by atoms with E-state index in [0.29, 0.717) is 0 Å². The van der Waals surface area contributed by atoms with Gasteiger partial charge in [-0.3, -0.25) is 0 Å². The number of para-hydroxylation sites is 1. The lowest BCUT2D eigenvalue weighted by molar-refractivity contribution is 1.28. The number of hydrogen-bond acceptors (Lipinski definition) is 2. The van der Waals surface area contributed by atoms with E-state index in [-0.39, 0.29) is 0 Å². The predicted molar refractivity (Wildman–Crippen MR) is 233 cm³/mol. The van der Waals surface area contributed by atoms with Gasteiger partial charge in [0, 0.05) is 37.1 Å². The van der Waals surface area contributed by atoms with Gasteiger partial charge in [-0.1, -0.05) is 158 Å². The number of nitrogens with zero attached hydrogens (tertiary/aromatic N) is 1. The van der Waals surface area contributed by atoms with Gasteiger partial charge in [0.05, 0.1) is 5.69 Å². The topological polar surface area (TPSA) is 3.24 Å². The van der Waals surface area contributed by atoms with E-state index >= 15 is 0 Å². The average Bonchev–Trinajstić information content (AvgIpc) is 3.61. The summed E-state index contributed by atoms with van der Waals surface area (Å²) in [6, 6.07) is 77.1. The third-order valence-corrected chi connectivity index (χ3v) is 11.6.